The molecule has 0 aromatic heterocycles. The second-order valence-electron chi connectivity index (χ2n) is 10.8. The van der Waals surface area contributed by atoms with Crippen LogP contribution < -0.4 is 18.9 Å². The van der Waals surface area contributed by atoms with E-state index in [4.69, 9.17) is 18.9 Å². The van der Waals surface area contributed by atoms with E-state index in [0.29, 0.717) is 45.3 Å². The molecule has 0 aliphatic heterocycles. The van der Waals surface area contributed by atoms with Gasteiger partial charge in [0.1, 0.15) is 46.3 Å². The summed E-state index contributed by atoms with van der Waals surface area (Å²) >= 11 is 9.95. The molecule has 0 amide bonds. The average Bonchev–Trinajstić information content (AvgIpc) is 3.15. The number of thiol groups is 1. The number of hydrogen-bond acceptors (Lipinski definition) is 6. The Hall–Kier alpha value is -4.59. The third kappa shape index (κ3) is 9.89. The molecule has 1 radical (unpaired) electrons. The van der Waals surface area contributed by atoms with Crippen molar-refractivity contribution in [3.8, 4) is 67.5 Å². The first-order valence-corrected chi connectivity index (χ1v) is 17.5. The summed E-state index contributed by atoms with van der Waals surface area (Å²) in [6.07, 6.45) is 0. The third-order valence-electron chi connectivity index (χ3n) is 7.81. The Labute approximate surface area is 328 Å². The van der Waals surface area contributed by atoms with Crippen LogP contribution in [0, 0.1) is 23.3 Å². The number of benzene rings is 6. The van der Waals surface area contributed by atoms with Crippen LogP contribution in [0.5, 0.6) is 23.0 Å². The standard InChI is InChI=1S/C20H14Br2F2O2.C20H16F2O2.BHNS/c1-25-19-5-3-11(21)7-15(19)13-9-14(18(24)10-17(13)23)16-8-12(22)4-6-20(16)26-2;1-23-19-9-5-3-7-13(19)15-11-16(18(22)12-17(15)21)14-8-4-6-10-20(14)24-2;1-2-3/h3-10H,1-2H3;3-12H,1-2H3;3H. The van der Waals surface area contributed by atoms with Gasteiger partial charge in [0.2, 0.25) is 0 Å². The molecule has 0 fully saturated rings. The van der Waals surface area contributed by atoms with Gasteiger partial charge in [-0.3, -0.25) is 0 Å². The third-order valence-corrected chi connectivity index (χ3v) is 8.80. The van der Waals surface area contributed by atoms with Crippen molar-refractivity contribution in [2.75, 3.05) is 28.4 Å². The number of rotatable bonds is 8. The van der Waals surface area contributed by atoms with Gasteiger partial charge in [0.25, 0.3) is 0 Å². The summed E-state index contributed by atoms with van der Waals surface area (Å²) < 4.78 is 83.5. The summed E-state index contributed by atoms with van der Waals surface area (Å²) in [4.78, 5) is 0. The van der Waals surface area contributed by atoms with Gasteiger partial charge < -0.3 is 18.9 Å². The van der Waals surface area contributed by atoms with Gasteiger partial charge in [-0.1, -0.05) is 68.3 Å². The molecular formula is C40H31BBr2F4NO4S. The Kier molecular flexibility index (Phi) is 15.1. The van der Waals surface area contributed by atoms with Gasteiger partial charge in [0, 0.05) is 65.6 Å². The summed E-state index contributed by atoms with van der Waals surface area (Å²) in [7, 11) is 10.4. The van der Waals surface area contributed by atoms with E-state index in [0.717, 1.165) is 21.1 Å². The molecule has 0 saturated carbocycles. The number of ether oxygens (including phenoxy) is 4. The first kappa shape index (κ1) is 41.2. The Balaban J connectivity index is 0.000000221. The van der Waals surface area contributed by atoms with Crippen molar-refractivity contribution in [3.63, 3.8) is 0 Å². The fourth-order valence-corrected chi connectivity index (χ4v) is 6.16. The van der Waals surface area contributed by atoms with E-state index in [1.807, 2.05) is 0 Å². The second-order valence-corrected chi connectivity index (χ2v) is 12.9. The number of para-hydroxylation sites is 2. The first-order chi connectivity index (χ1) is 25.5. The van der Waals surface area contributed by atoms with Crippen molar-refractivity contribution in [1.29, 1.82) is 0 Å². The van der Waals surface area contributed by atoms with Gasteiger partial charge in [-0.15, -0.1) is 0 Å². The molecule has 0 unspecified atom stereocenters. The Morgan fingerprint density at radius 1 is 0.434 bits per heavy atom. The SMILES string of the molecule is COc1ccc(Br)cc1-c1cc(-c2cc(Br)ccc2OC)c(F)cc1F.COc1ccccc1-c1cc(-c2ccccc2OC)c(F)cc1F.[B]=NS. The molecule has 0 atom stereocenters. The summed E-state index contributed by atoms with van der Waals surface area (Å²) in [5.41, 5.74) is 3.19. The zero-order valence-corrected chi connectivity index (χ0v) is 32.8. The van der Waals surface area contributed by atoms with Crippen LogP contribution in [0.15, 0.2) is 122 Å². The Morgan fingerprint density at radius 3 is 1.04 bits per heavy atom. The van der Waals surface area contributed by atoms with E-state index in [-0.39, 0.29) is 22.3 Å². The quantitative estimate of drug-likeness (QED) is 0.0941. The van der Waals surface area contributed by atoms with Crippen LogP contribution in [0.2, 0.25) is 0 Å². The predicted octanol–water partition coefficient (Wildman–Crippen LogP) is 12.3. The number of nitrogens with zero attached hydrogens (tertiary/aromatic N) is 1. The van der Waals surface area contributed by atoms with Gasteiger partial charge in [-0.05, 0) is 60.7 Å². The zero-order valence-electron chi connectivity index (χ0n) is 28.8. The fourth-order valence-electron chi connectivity index (χ4n) is 5.44. The average molecular weight is 868 g/mol. The van der Waals surface area contributed by atoms with Crippen LogP contribution >= 0.6 is 44.7 Å². The monoisotopic (exact) mass is 866 g/mol. The Morgan fingerprint density at radius 2 is 0.717 bits per heavy atom. The minimum absolute atomic E-state index is 0.238. The van der Waals surface area contributed by atoms with Crippen LogP contribution in [0.3, 0.4) is 0 Å². The fraction of sp³-hybridized carbons (Fsp3) is 0.100. The van der Waals surface area contributed by atoms with Gasteiger partial charge in [0.05, 0.1) is 28.4 Å². The van der Waals surface area contributed by atoms with Crippen LogP contribution in [0.4, 0.5) is 17.6 Å². The van der Waals surface area contributed by atoms with E-state index < -0.39 is 23.3 Å². The van der Waals surface area contributed by atoms with Crippen molar-refractivity contribution < 1.29 is 36.5 Å². The summed E-state index contributed by atoms with van der Waals surface area (Å²) in [5.74, 6) is -0.598. The minimum atomic E-state index is -0.670. The van der Waals surface area contributed by atoms with Gasteiger partial charge in [-0.2, -0.15) is 0 Å². The molecular weight excluding hydrogens is 837 g/mol. The van der Waals surface area contributed by atoms with Crippen molar-refractivity contribution in [2.45, 2.75) is 0 Å². The van der Waals surface area contributed by atoms with Crippen LogP contribution in [0.1, 0.15) is 0 Å². The van der Waals surface area contributed by atoms with Crippen molar-refractivity contribution >= 4 is 52.3 Å². The van der Waals surface area contributed by atoms with E-state index in [1.165, 1.54) is 40.6 Å². The number of methoxy groups -OCH3 is 4. The first-order valence-electron chi connectivity index (χ1n) is 15.5. The van der Waals surface area contributed by atoms with Gasteiger partial charge in [-0.25, -0.2) is 17.6 Å². The molecule has 0 heterocycles. The summed E-state index contributed by atoms with van der Waals surface area (Å²) in [5, 5.41) is 0. The summed E-state index contributed by atoms with van der Waals surface area (Å²) in [6, 6.07) is 29.3. The maximum absolute atomic E-state index is 14.6. The molecule has 0 spiro atoms. The molecule has 6 rings (SSSR count). The van der Waals surface area contributed by atoms with Gasteiger partial charge in [0.15, 0.2) is 0 Å². The van der Waals surface area contributed by atoms with E-state index in [9.17, 15) is 17.6 Å². The van der Waals surface area contributed by atoms with Crippen LogP contribution in [-0.4, -0.2) is 36.1 Å². The molecule has 0 bridgehead atoms. The van der Waals surface area contributed by atoms with Crippen molar-refractivity contribution in [1.82, 2.24) is 0 Å². The molecule has 6 aromatic rings. The van der Waals surface area contributed by atoms with Crippen molar-refractivity contribution in [3.05, 3.63) is 141 Å². The van der Waals surface area contributed by atoms with Crippen molar-refractivity contribution in [2.24, 2.45) is 4.30 Å². The van der Waals surface area contributed by atoms with E-state index in [1.54, 1.807) is 84.9 Å². The molecule has 6 aromatic carbocycles. The summed E-state index contributed by atoms with van der Waals surface area (Å²) in [6.45, 7) is 0. The van der Waals surface area contributed by atoms with Crippen LogP contribution in [0.25, 0.3) is 44.5 Å². The molecule has 0 N–H and O–H groups in total. The molecule has 271 valence electrons. The molecule has 53 heavy (non-hydrogen) atoms. The molecule has 13 heteroatoms. The molecule has 0 saturated heterocycles. The van der Waals surface area contributed by atoms with Crippen LogP contribution in [-0.2, 0) is 0 Å². The number of hydrogen-bond donors (Lipinski definition) is 1. The normalized spacial score (nSPS) is 10.2. The topological polar surface area (TPSA) is 49.3 Å². The molecule has 0 aliphatic carbocycles. The molecule has 0 aliphatic rings. The maximum atomic E-state index is 14.6. The van der Waals surface area contributed by atoms with E-state index >= 15 is 0 Å². The molecule has 5 nitrogen and oxygen atoms in total. The zero-order chi connectivity index (χ0) is 38.7. The number of halogens is 6. The predicted molar refractivity (Wildman–Crippen MR) is 213 cm³/mol. The van der Waals surface area contributed by atoms with Gasteiger partial charge >= 0.3 is 24.8 Å². The van der Waals surface area contributed by atoms with E-state index in [2.05, 4.69) is 56.6 Å². The Bertz CT molecular complexity index is 2080. The second kappa shape index (κ2) is 19.5.